The van der Waals surface area contributed by atoms with E-state index in [0.717, 1.165) is 16.9 Å². The highest BCUT2D eigenvalue weighted by atomic mass is 16.3. The maximum Gasteiger partial charge on any atom is 0.227 e. The van der Waals surface area contributed by atoms with E-state index in [2.05, 4.69) is 41.3 Å². The first-order valence-corrected chi connectivity index (χ1v) is 7.29. The number of rotatable bonds is 3. The molecule has 116 valence electrons. The van der Waals surface area contributed by atoms with Crippen LogP contribution in [0.1, 0.15) is 11.1 Å². The zero-order chi connectivity index (χ0) is 16.4. The second-order valence-electron chi connectivity index (χ2n) is 5.46. The molecule has 0 spiro atoms. The summed E-state index contributed by atoms with van der Waals surface area (Å²) in [5.41, 5.74) is 11.0. The smallest absolute Gasteiger partial charge is 0.227 e. The van der Waals surface area contributed by atoms with Crippen LogP contribution in [-0.4, -0.2) is 15.1 Å². The molecule has 0 fully saturated rings. The Morgan fingerprint density at radius 1 is 1.00 bits per heavy atom. The van der Waals surface area contributed by atoms with E-state index in [0.29, 0.717) is 11.6 Å². The lowest BCUT2D eigenvalue weighted by Crippen LogP contribution is -1.98. The van der Waals surface area contributed by atoms with Gasteiger partial charge in [0.1, 0.15) is 5.75 Å². The number of nitrogen functional groups attached to an aromatic ring is 1. The molecule has 5 nitrogen and oxygen atoms in total. The van der Waals surface area contributed by atoms with Gasteiger partial charge in [0.15, 0.2) is 0 Å². The number of benzene rings is 2. The maximum atomic E-state index is 9.52. The Balaban J connectivity index is 1.90. The number of hydrogen-bond donors (Lipinski definition) is 3. The molecule has 0 bridgehead atoms. The SMILES string of the molecule is Cc1ccc(Nc2nccc(-c3ccc(O)c(N)c3)n2)cc1C. The molecule has 0 aliphatic carbocycles. The minimum Gasteiger partial charge on any atom is -0.506 e. The van der Waals surface area contributed by atoms with Gasteiger partial charge in [-0.05, 0) is 61.4 Å². The third-order valence-electron chi connectivity index (χ3n) is 3.74. The van der Waals surface area contributed by atoms with Gasteiger partial charge in [-0.1, -0.05) is 6.07 Å². The lowest BCUT2D eigenvalue weighted by molar-refractivity contribution is 0.478. The van der Waals surface area contributed by atoms with Crippen LogP contribution in [0.5, 0.6) is 5.75 Å². The van der Waals surface area contributed by atoms with Gasteiger partial charge in [-0.3, -0.25) is 0 Å². The van der Waals surface area contributed by atoms with Crippen molar-refractivity contribution >= 4 is 17.3 Å². The van der Waals surface area contributed by atoms with E-state index in [-0.39, 0.29) is 5.75 Å². The third-order valence-corrected chi connectivity index (χ3v) is 3.74. The maximum absolute atomic E-state index is 9.52. The Labute approximate surface area is 134 Å². The third kappa shape index (κ3) is 3.23. The molecule has 3 aromatic rings. The fraction of sp³-hybridized carbons (Fsp3) is 0.111. The molecule has 2 aromatic carbocycles. The van der Waals surface area contributed by atoms with E-state index in [9.17, 15) is 5.11 Å². The summed E-state index contributed by atoms with van der Waals surface area (Å²) >= 11 is 0. The largest absolute Gasteiger partial charge is 0.506 e. The average molecular weight is 306 g/mol. The van der Waals surface area contributed by atoms with Crippen LogP contribution in [0, 0.1) is 13.8 Å². The second-order valence-corrected chi connectivity index (χ2v) is 5.46. The molecule has 0 aliphatic rings. The van der Waals surface area contributed by atoms with Gasteiger partial charge in [0.2, 0.25) is 5.95 Å². The number of phenols is 1. The van der Waals surface area contributed by atoms with E-state index in [1.54, 1.807) is 30.5 Å². The number of nitrogens with zero attached hydrogens (tertiary/aromatic N) is 2. The molecular weight excluding hydrogens is 288 g/mol. The van der Waals surface area contributed by atoms with E-state index in [1.807, 2.05) is 6.07 Å². The summed E-state index contributed by atoms with van der Waals surface area (Å²) in [5, 5.41) is 12.7. The zero-order valence-electron chi connectivity index (χ0n) is 13.0. The summed E-state index contributed by atoms with van der Waals surface area (Å²) in [6.45, 7) is 4.14. The topological polar surface area (TPSA) is 84.1 Å². The molecule has 0 amide bonds. The van der Waals surface area contributed by atoms with Crippen LogP contribution < -0.4 is 11.1 Å². The highest BCUT2D eigenvalue weighted by molar-refractivity contribution is 5.69. The Hall–Kier alpha value is -3.08. The number of aromatic nitrogens is 2. The van der Waals surface area contributed by atoms with E-state index in [4.69, 9.17) is 5.73 Å². The minimum atomic E-state index is 0.0660. The first-order valence-electron chi connectivity index (χ1n) is 7.29. The molecule has 1 heterocycles. The molecule has 0 saturated heterocycles. The minimum absolute atomic E-state index is 0.0660. The average Bonchev–Trinajstić information content (AvgIpc) is 2.54. The fourth-order valence-electron chi connectivity index (χ4n) is 2.24. The predicted octanol–water partition coefficient (Wildman–Crippen LogP) is 3.79. The van der Waals surface area contributed by atoms with Crippen LogP contribution in [0.4, 0.5) is 17.3 Å². The Bertz CT molecular complexity index is 861. The van der Waals surface area contributed by atoms with Crippen LogP contribution in [0.2, 0.25) is 0 Å². The van der Waals surface area contributed by atoms with Crippen molar-refractivity contribution in [2.75, 3.05) is 11.1 Å². The van der Waals surface area contributed by atoms with Crippen molar-refractivity contribution in [3.63, 3.8) is 0 Å². The lowest BCUT2D eigenvalue weighted by Gasteiger charge is -2.09. The second kappa shape index (κ2) is 5.96. The van der Waals surface area contributed by atoms with Gasteiger partial charge < -0.3 is 16.2 Å². The molecular formula is C18H18N4O. The molecule has 0 saturated carbocycles. The zero-order valence-corrected chi connectivity index (χ0v) is 13.0. The van der Waals surface area contributed by atoms with Crippen molar-refractivity contribution in [2.24, 2.45) is 0 Å². The van der Waals surface area contributed by atoms with Crippen molar-refractivity contribution in [3.05, 3.63) is 59.8 Å². The van der Waals surface area contributed by atoms with Gasteiger partial charge in [-0.15, -0.1) is 0 Å². The van der Waals surface area contributed by atoms with Gasteiger partial charge >= 0.3 is 0 Å². The summed E-state index contributed by atoms with van der Waals surface area (Å²) < 4.78 is 0. The van der Waals surface area contributed by atoms with E-state index >= 15 is 0 Å². The van der Waals surface area contributed by atoms with Crippen molar-refractivity contribution in [1.82, 2.24) is 9.97 Å². The quantitative estimate of drug-likeness (QED) is 0.506. The van der Waals surface area contributed by atoms with Gasteiger partial charge in [-0.25, -0.2) is 9.97 Å². The number of hydrogen-bond acceptors (Lipinski definition) is 5. The fourth-order valence-corrected chi connectivity index (χ4v) is 2.24. The number of phenolic OH excluding ortho intramolecular Hbond substituents is 1. The number of aromatic hydroxyl groups is 1. The van der Waals surface area contributed by atoms with Gasteiger partial charge in [0.25, 0.3) is 0 Å². The van der Waals surface area contributed by atoms with Gasteiger partial charge in [0.05, 0.1) is 11.4 Å². The molecule has 4 N–H and O–H groups in total. The van der Waals surface area contributed by atoms with Crippen molar-refractivity contribution in [2.45, 2.75) is 13.8 Å². The van der Waals surface area contributed by atoms with E-state index < -0.39 is 0 Å². The van der Waals surface area contributed by atoms with Crippen molar-refractivity contribution in [1.29, 1.82) is 0 Å². The number of nitrogens with two attached hydrogens (primary N) is 1. The summed E-state index contributed by atoms with van der Waals surface area (Å²) in [6.07, 6.45) is 1.69. The number of aryl methyl sites for hydroxylation is 2. The monoisotopic (exact) mass is 306 g/mol. The van der Waals surface area contributed by atoms with E-state index in [1.165, 1.54) is 11.1 Å². The van der Waals surface area contributed by atoms with Crippen LogP contribution in [0.15, 0.2) is 48.7 Å². The standard InChI is InChI=1S/C18H18N4O/c1-11-3-5-14(9-12(11)2)21-18-20-8-7-16(22-18)13-4-6-17(23)15(19)10-13/h3-10,23H,19H2,1-2H3,(H,20,21,22). The van der Waals surface area contributed by atoms with Gasteiger partial charge in [-0.2, -0.15) is 0 Å². The molecule has 1 aromatic heterocycles. The Morgan fingerprint density at radius 2 is 1.83 bits per heavy atom. The highest BCUT2D eigenvalue weighted by Gasteiger charge is 2.06. The molecule has 23 heavy (non-hydrogen) atoms. The Kier molecular flexibility index (Phi) is 3.85. The molecule has 3 rings (SSSR count). The van der Waals surface area contributed by atoms with Crippen molar-refractivity contribution < 1.29 is 5.11 Å². The number of nitrogens with one attached hydrogen (secondary N) is 1. The molecule has 0 aliphatic heterocycles. The van der Waals surface area contributed by atoms with Crippen molar-refractivity contribution in [3.8, 4) is 17.0 Å². The molecule has 0 unspecified atom stereocenters. The van der Waals surface area contributed by atoms with Crippen LogP contribution in [0.3, 0.4) is 0 Å². The van der Waals surface area contributed by atoms with Crippen LogP contribution in [0.25, 0.3) is 11.3 Å². The Morgan fingerprint density at radius 3 is 2.57 bits per heavy atom. The van der Waals surface area contributed by atoms with Crippen LogP contribution >= 0.6 is 0 Å². The predicted molar refractivity (Wildman–Crippen MR) is 92.7 cm³/mol. The molecule has 0 atom stereocenters. The van der Waals surface area contributed by atoms with Crippen LogP contribution in [-0.2, 0) is 0 Å². The highest BCUT2D eigenvalue weighted by Crippen LogP contribution is 2.27. The van der Waals surface area contributed by atoms with Gasteiger partial charge in [0, 0.05) is 17.4 Å². The number of anilines is 3. The summed E-state index contributed by atoms with van der Waals surface area (Å²) in [7, 11) is 0. The summed E-state index contributed by atoms with van der Waals surface area (Å²) in [5.74, 6) is 0.577. The first kappa shape index (κ1) is 14.8. The summed E-state index contributed by atoms with van der Waals surface area (Å²) in [6, 6.07) is 12.9. The molecule has 5 heteroatoms. The molecule has 0 radical (unpaired) electrons. The lowest BCUT2D eigenvalue weighted by atomic mass is 10.1. The first-order chi connectivity index (χ1) is 11.0. The normalized spacial score (nSPS) is 10.5. The summed E-state index contributed by atoms with van der Waals surface area (Å²) in [4.78, 5) is 8.75.